The first-order valence-corrected chi connectivity index (χ1v) is 7.15. The minimum absolute atomic E-state index is 0.462. The lowest BCUT2D eigenvalue weighted by Gasteiger charge is -2.24. The van der Waals surface area contributed by atoms with E-state index in [0.29, 0.717) is 5.78 Å². The van der Waals surface area contributed by atoms with Gasteiger partial charge in [0.15, 0.2) is 0 Å². The quantitative estimate of drug-likeness (QED) is 0.747. The van der Waals surface area contributed by atoms with Crippen LogP contribution in [0.25, 0.3) is 0 Å². The first-order chi connectivity index (χ1) is 8.34. The summed E-state index contributed by atoms with van der Waals surface area (Å²) < 4.78 is 5.36. The molecule has 2 aliphatic rings. The highest BCUT2D eigenvalue weighted by Crippen LogP contribution is 2.21. The Morgan fingerprint density at radius 2 is 1.76 bits per heavy atom. The van der Waals surface area contributed by atoms with Gasteiger partial charge in [-0.15, -0.1) is 0 Å². The van der Waals surface area contributed by atoms with Gasteiger partial charge < -0.3 is 10.1 Å². The number of hydrogen-bond donors (Lipinski definition) is 1. The Kier molecular flexibility index (Phi) is 5.46. The molecule has 1 aliphatic carbocycles. The van der Waals surface area contributed by atoms with Crippen LogP contribution in [0, 0.1) is 11.8 Å². The number of ketones is 1. The number of rotatable bonds is 5. The van der Waals surface area contributed by atoms with Gasteiger partial charge in [-0.05, 0) is 57.0 Å². The molecule has 1 saturated carbocycles. The van der Waals surface area contributed by atoms with E-state index in [2.05, 4.69) is 5.32 Å². The van der Waals surface area contributed by atoms with Gasteiger partial charge in [0.05, 0.1) is 0 Å². The van der Waals surface area contributed by atoms with E-state index < -0.39 is 0 Å². The van der Waals surface area contributed by atoms with Crippen LogP contribution >= 0.6 is 0 Å². The van der Waals surface area contributed by atoms with Crippen LogP contribution in [0.2, 0.25) is 0 Å². The summed E-state index contributed by atoms with van der Waals surface area (Å²) in [5.41, 5.74) is 0. The maximum absolute atomic E-state index is 11.1. The van der Waals surface area contributed by atoms with Gasteiger partial charge in [-0.3, -0.25) is 4.79 Å². The van der Waals surface area contributed by atoms with E-state index in [9.17, 15) is 4.79 Å². The predicted molar refractivity (Wildman–Crippen MR) is 68.0 cm³/mol. The summed E-state index contributed by atoms with van der Waals surface area (Å²) in [6, 6.07) is 0. The Hall–Kier alpha value is -0.410. The molecule has 1 aliphatic heterocycles. The molecule has 0 aromatic heterocycles. The number of carbonyl (C=O) groups excluding carboxylic acids is 1. The monoisotopic (exact) mass is 239 g/mol. The van der Waals surface area contributed by atoms with Crippen LogP contribution in [0.15, 0.2) is 0 Å². The van der Waals surface area contributed by atoms with Crippen molar-refractivity contribution in [3.05, 3.63) is 0 Å². The summed E-state index contributed by atoms with van der Waals surface area (Å²) in [6.45, 7) is 4.15. The first kappa shape index (κ1) is 13.0. The summed E-state index contributed by atoms with van der Waals surface area (Å²) in [5.74, 6) is 2.06. The lowest BCUT2D eigenvalue weighted by molar-refractivity contribution is -0.120. The smallest absolute Gasteiger partial charge is 0.132 e. The van der Waals surface area contributed by atoms with Gasteiger partial charge in [0.1, 0.15) is 5.78 Å². The molecule has 0 aromatic carbocycles. The molecule has 3 heteroatoms. The van der Waals surface area contributed by atoms with Crippen LogP contribution in [0.4, 0.5) is 0 Å². The van der Waals surface area contributed by atoms with Gasteiger partial charge >= 0.3 is 0 Å². The molecule has 98 valence electrons. The molecule has 3 nitrogen and oxygen atoms in total. The fourth-order valence-corrected chi connectivity index (χ4v) is 2.85. The molecule has 0 amide bonds. The van der Waals surface area contributed by atoms with Crippen molar-refractivity contribution >= 4 is 5.78 Å². The van der Waals surface area contributed by atoms with Crippen LogP contribution in [0.3, 0.4) is 0 Å². The molecular formula is C14H25NO2. The number of ether oxygens (including phenoxy) is 1. The molecule has 0 atom stereocenters. The SMILES string of the molecule is O=C1CCC(CNCCC2CCOCC2)CC1. The number of carbonyl (C=O) groups is 1. The molecule has 0 aromatic rings. The van der Waals surface area contributed by atoms with E-state index in [1.807, 2.05) is 0 Å². The Balaban J connectivity index is 1.49. The molecule has 1 saturated heterocycles. The molecule has 1 N–H and O–H groups in total. The molecule has 0 radical (unpaired) electrons. The maximum atomic E-state index is 11.1. The van der Waals surface area contributed by atoms with Crippen molar-refractivity contribution in [3.63, 3.8) is 0 Å². The van der Waals surface area contributed by atoms with Gasteiger partial charge in [-0.2, -0.15) is 0 Å². The van der Waals surface area contributed by atoms with E-state index in [-0.39, 0.29) is 0 Å². The van der Waals surface area contributed by atoms with Crippen LogP contribution in [0.5, 0.6) is 0 Å². The van der Waals surface area contributed by atoms with Crippen molar-refractivity contribution in [1.29, 1.82) is 0 Å². The highest BCUT2D eigenvalue weighted by molar-refractivity contribution is 5.79. The summed E-state index contributed by atoms with van der Waals surface area (Å²) >= 11 is 0. The Morgan fingerprint density at radius 3 is 2.47 bits per heavy atom. The zero-order chi connectivity index (χ0) is 11.9. The second kappa shape index (κ2) is 7.12. The molecule has 2 rings (SSSR count). The summed E-state index contributed by atoms with van der Waals surface area (Å²) in [5, 5.41) is 3.57. The highest BCUT2D eigenvalue weighted by Gasteiger charge is 2.18. The minimum atomic E-state index is 0.462. The topological polar surface area (TPSA) is 38.3 Å². The Morgan fingerprint density at radius 1 is 1.06 bits per heavy atom. The van der Waals surface area contributed by atoms with Gasteiger partial charge in [0.25, 0.3) is 0 Å². The zero-order valence-corrected chi connectivity index (χ0v) is 10.7. The van der Waals surface area contributed by atoms with E-state index >= 15 is 0 Å². The van der Waals surface area contributed by atoms with Gasteiger partial charge in [0, 0.05) is 26.1 Å². The standard InChI is InChI=1S/C14H25NO2/c16-14-3-1-13(2-4-14)11-15-8-5-12-6-9-17-10-7-12/h12-13,15H,1-11H2. The normalized spacial score (nSPS) is 24.1. The molecule has 0 spiro atoms. The van der Waals surface area contributed by atoms with Crippen LogP contribution < -0.4 is 5.32 Å². The third kappa shape index (κ3) is 4.76. The third-order valence-corrected chi connectivity index (χ3v) is 4.17. The highest BCUT2D eigenvalue weighted by atomic mass is 16.5. The lowest BCUT2D eigenvalue weighted by Crippen LogP contribution is -2.29. The van der Waals surface area contributed by atoms with E-state index in [0.717, 1.165) is 63.8 Å². The molecule has 0 bridgehead atoms. The van der Waals surface area contributed by atoms with E-state index in [4.69, 9.17) is 4.74 Å². The van der Waals surface area contributed by atoms with Crippen molar-refractivity contribution in [1.82, 2.24) is 5.32 Å². The molecule has 2 fully saturated rings. The van der Waals surface area contributed by atoms with Crippen molar-refractivity contribution < 1.29 is 9.53 Å². The van der Waals surface area contributed by atoms with Gasteiger partial charge in [-0.1, -0.05) is 0 Å². The van der Waals surface area contributed by atoms with E-state index in [1.54, 1.807) is 0 Å². The van der Waals surface area contributed by atoms with Crippen molar-refractivity contribution in [2.45, 2.75) is 44.9 Å². The van der Waals surface area contributed by atoms with E-state index in [1.165, 1.54) is 19.3 Å². The van der Waals surface area contributed by atoms with Crippen molar-refractivity contribution in [2.24, 2.45) is 11.8 Å². The Bertz CT molecular complexity index is 226. The second-order valence-corrected chi connectivity index (χ2v) is 5.53. The fourth-order valence-electron chi connectivity index (χ4n) is 2.85. The number of nitrogens with one attached hydrogen (secondary N) is 1. The van der Waals surface area contributed by atoms with Crippen molar-refractivity contribution in [2.75, 3.05) is 26.3 Å². The van der Waals surface area contributed by atoms with Crippen LogP contribution in [-0.2, 0) is 9.53 Å². The lowest BCUT2D eigenvalue weighted by atomic mass is 9.88. The number of Topliss-reactive ketones (excluding diaryl/α,β-unsaturated/α-hetero) is 1. The summed E-state index contributed by atoms with van der Waals surface area (Å²) in [4.78, 5) is 11.1. The molecular weight excluding hydrogens is 214 g/mol. The zero-order valence-electron chi connectivity index (χ0n) is 10.7. The molecule has 1 heterocycles. The van der Waals surface area contributed by atoms with Crippen molar-refractivity contribution in [3.8, 4) is 0 Å². The minimum Gasteiger partial charge on any atom is -0.381 e. The van der Waals surface area contributed by atoms with Gasteiger partial charge in [0.2, 0.25) is 0 Å². The van der Waals surface area contributed by atoms with Crippen LogP contribution in [-0.4, -0.2) is 32.1 Å². The third-order valence-electron chi connectivity index (χ3n) is 4.17. The molecule has 17 heavy (non-hydrogen) atoms. The Labute approximate surface area is 104 Å². The maximum Gasteiger partial charge on any atom is 0.132 e. The second-order valence-electron chi connectivity index (χ2n) is 5.53. The number of hydrogen-bond acceptors (Lipinski definition) is 3. The first-order valence-electron chi connectivity index (χ1n) is 7.15. The predicted octanol–water partition coefficient (Wildman–Crippen LogP) is 2.15. The average molecular weight is 239 g/mol. The summed E-state index contributed by atoms with van der Waals surface area (Å²) in [6.07, 6.45) is 7.58. The van der Waals surface area contributed by atoms with Crippen LogP contribution in [0.1, 0.15) is 44.9 Å². The molecule has 0 unspecified atom stereocenters. The van der Waals surface area contributed by atoms with Gasteiger partial charge in [-0.25, -0.2) is 0 Å². The largest absolute Gasteiger partial charge is 0.381 e. The fraction of sp³-hybridized carbons (Fsp3) is 0.929. The summed E-state index contributed by atoms with van der Waals surface area (Å²) in [7, 11) is 0. The average Bonchev–Trinajstić information content (AvgIpc) is 2.38.